The van der Waals surface area contributed by atoms with Gasteiger partial charge in [-0.15, -0.1) is 0 Å². The van der Waals surface area contributed by atoms with Gasteiger partial charge in [0.1, 0.15) is 11.4 Å². The second-order valence-electron chi connectivity index (χ2n) is 7.25. The van der Waals surface area contributed by atoms with Crippen LogP contribution in [-0.2, 0) is 24.7 Å². The van der Waals surface area contributed by atoms with Gasteiger partial charge in [-0.25, -0.2) is 0 Å². The average molecular weight is 536 g/mol. The van der Waals surface area contributed by atoms with E-state index in [0.717, 1.165) is 0 Å². The highest BCUT2D eigenvalue weighted by Crippen LogP contribution is 2.40. The van der Waals surface area contributed by atoms with Crippen LogP contribution in [0.4, 0.5) is 75.4 Å². The standard InChI is InChI=1S/C20H8F12N2O2/c21-17(22,23)7-1-8(18(24,25)26)4-11(3-7)33-13-14(16(36)15(13)35)34-12-5-9(19(27,28)29)2-10(6-12)20(30,31)32/h1-6,33-34H. The summed E-state index contributed by atoms with van der Waals surface area (Å²) in [5, 5.41) is 3.69. The van der Waals surface area contributed by atoms with Crippen molar-refractivity contribution in [2.75, 3.05) is 10.6 Å². The lowest BCUT2D eigenvalue weighted by atomic mass is 10.1. The van der Waals surface area contributed by atoms with Crippen LogP contribution in [0.5, 0.6) is 0 Å². The lowest BCUT2D eigenvalue weighted by molar-refractivity contribution is -0.144. The first-order valence-electron chi connectivity index (χ1n) is 9.14. The van der Waals surface area contributed by atoms with Crippen molar-refractivity contribution in [3.8, 4) is 0 Å². The highest BCUT2D eigenvalue weighted by molar-refractivity contribution is 5.82. The molecule has 0 aliphatic rings. The summed E-state index contributed by atoms with van der Waals surface area (Å²) >= 11 is 0. The van der Waals surface area contributed by atoms with E-state index in [2.05, 4.69) is 0 Å². The van der Waals surface area contributed by atoms with Gasteiger partial charge in [0.2, 0.25) is 0 Å². The Labute approximate surface area is 190 Å². The number of nitrogens with one attached hydrogen (secondary N) is 2. The first-order chi connectivity index (χ1) is 16.2. The molecule has 0 amide bonds. The van der Waals surface area contributed by atoms with Crippen molar-refractivity contribution in [1.82, 2.24) is 0 Å². The van der Waals surface area contributed by atoms with Gasteiger partial charge in [-0.3, -0.25) is 9.59 Å². The zero-order chi connectivity index (χ0) is 27.4. The van der Waals surface area contributed by atoms with Gasteiger partial charge in [0.25, 0.3) is 10.9 Å². The van der Waals surface area contributed by atoms with E-state index in [-0.39, 0.29) is 36.4 Å². The molecule has 0 aliphatic heterocycles. The van der Waals surface area contributed by atoms with Crippen LogP contribution in [0.1, 0.15) is 22.3 Å². The molecule has 3 aromatic carbocycles. The Hall–Kier alpha value is -3.72. The largest absolute Gasteiger partial charge is 0.416 e. The summed E-state index contributed by atoms with van der Waals surface area (Å²) in [5.74, 6) is 0. The van der Waals surface area contributed by atoms with Gasteiger partial charge in [-0.2, -0.15) is 52.7 Å². The molecule has 0 aliphatic carbocycles. The average Bonchev–Trinajstić information content (AvgIpc) is 2.73. The highest BCUT2D eigenvalue weighted by Gasteiger charge is 2.39. The summed E-state index contributed by atoms with van der Waals surface area (Å²) in [4.78, 5) is 23.7. The number of halogens is 12. The number of rotatable bonds is 4. The van der Waals surface area contributed by atoms with Gasteiger partial charge in [0.15, 0.2) is 0 Å². The Balaban J connectivity index is 2.06. The maximum Gasteiger partial charge on any atom is 0.416 e. The van der Waals surface area contributed by atoms with E-state index in [0.29, 0.717) is 0 Å². The molecule has 4 nitrogen and oxygen atoms in total. The molecule has 16 heteroatoms. The fourth-order valence-electron chi connectivity index (χ4n) is 2.97. The minimum absolute atomic E-state index is 0.155. The topological polar surface area (TPSA) is 58.2 Å². The van der Waals surface area contributed by atoms with Gasteiger partial charge >= 0.3 is 24.7 Å². The van der Waals surface area contributed by atoms with Crippen LogP contribution in [-0.4, -0.2) is 0 Å². The van der Waals surface area contributed by atoms with Crippen LogP contribution in [0, 0.1) is 0 Å². The van der Waals surface area contributed by atoms with E-state index < -0.39 is 80.6 Å². The first kappa shape index (κ1) is 26.9. The van der Waals surface area contributed by atoms with Crippen LogP contribution < -0.4 is 21.5 Å². The monoisotopic (exact) mass is 536 g/mol. The lowest BCUT2D eigenvalue weighted by Gasteiger charge is -2.19. The zero-order valence-electron chi connectivity index (χ0n) is 16.8. The fourth-order valence-corrected chi connectivity index (χ4v) is 2.97. The van der Waals surface area contributed by atoms with Crippen molar-refractivity contribution in [1.29, 1.82) is 0 Å². The van der Waals surface area contributed by atoms with Crippen LogP contribution in [0.15, 0.2) is 46.0 Å². The van der Waals surface area contributed by atoms with Crippen molar-refractivity contribution in [3.63, 3.8) is 0 Å². The molecule has 0 spiro atoms. The van der Waals surface area contributed by atoms with E-state index >= 15 is 0 Å². The molecule has 3 aromatic rings. The van der Waals surface area contributed by atoms with Gasteiger partial charge in [-0.1, -0.05) is 0 Å². The lowest BCUT2D eigenvalue weighted by Crippen LogP contribution is -2.36. The first-order valence-corrected chi connectivity index (χ1v) is 9.14. The predicted molar refractivity (Wildman–Crippen MR) is 101 cm³/mol. The SMILES string of the molecule is O=c1c(Nc2cc(C(F)(F)F)cc(C(F)(F)F)c2)c(Nc2cc(C(F)(F)F)cc(C(F)(F)F)c2)c1=O. The molecule has 0 bridgehead atoms. The van der Waals surface area contributed by atoms with Crippen molar-refractivity contribution >= 4 is 22.7 Å². The summed E-state index contributed by atoms with van der Waals surface area (Å²) in [5.41, 5.74) is -14.1. The third-order valence-corrected chi connectivity index (χ3v) is 4.62. The van der Waals surface area contributed by atoms with Gasteiger partial charge < -0.3 is 10.6 Å². The minimum atomic E-state index is -5.27. The third kappa shape index (κ3) is 5.57. The molecule has 194 valence electrons. The van der Waals surface area contributed by atoms with Crippen molar-refractivity contribution in [2.24, 2.45) is 0 Å². The quantitative estimate of drug-likeness (QED) is 0.283. The number of hydrogen-bond acceptors (Lipinski definition) is 4. The van der Waals surface area contributed by atoms with Gasteiger partial charge in [-0.05, 0) is 36.4 Å². The van der Waals surface area contributed by atoms with Crippen molar-refractivity contribution in [3.05, 3.63) is 79.1 Å². The fraction of sp³-hybridized carbons (Fsp3) is 0.200. The summed E-state index contributed by atoms with van der Waals surface area (Å²) in [7, 11) is 0. The number of alkyl halides is 12. The van der Waals surface area contributed by atoms with E-state index in [1.54, 1.807) is 0 Å². The molecular weight excluding hydrogens is 528 g/mol. The molecule has 0 heterocycles. The molecule has 0 saturated carbocycles. The molecule has 0 atom stereocenters. The van der Waals surface area contributed by atoms with Crippen LogP contribution >= 0.6 is 0 Å². The Bertz CT molecular complexity index is 1200. The smallest absolute Gasteiger partial charge is 0.350 e. The normalized spacial score (nSPS) is 13.2. The van der Waals surface area contributed by atoms with E-state index in [4.69, 9.17) is 0 Å². The third-order valence-electron chi connectivity index (χ3n) is 4.62. The maximum absolute atomic E-state index is 13.0. The molecule has 0 aromatic heterocycles. The highest BCUT2D eigenvalue weighted by atomic mass is 19.4. The van der Waals surface area contributed by atoms with E-state index in [1.165, 1.54) is 0 Å². The Morgan fingerprint density at radius 2 is 0.639 bits per heavy atom. The molecule has 3 rings (SSSR count). The Kier molecular flexibility index (Phi) is 6.30. The van der Waals surface area contributed by atoms with Crippen molar-refractivity contribution < 1.29 is 52.7 Å². The zero-order valence-corrected chi connectivity index (χ0v) is 16.8. The van der Waals surface area contributed by atoms with Gasteiger partial charge in [0.05, 0.1) is 22.3 Å². The molecule has 0 radical (unpaired) electrons. The van der Waals surface area contributed by atoms with Crippen molar-refractivity contribution in [2.45, 2.75) is 24.7 Å². The molecule has 2 N–H and O–H groups in total. The minimum Gasteiger partial charge on any atom is -0.350 e. The summed E-state index contributed by atoms with van der Waals surface area (Å²) < 4.78 is 156. The Morgan fingerprint density at radius 1 is 0.417 bits per heavy atom. The number of anilines is 4. The van der Waals surface area contributed by atoms with Crippen LogP contribution in [0.2, 0.25) is 0 Å². The van der Waals surface area contributed by atoms with Gasteiger partial charge in [0, 0.05) is 11.4 Å². The van der Waals surface area contributed by atoms with Crippen LogP contribution in [0.25, 0.3) is 0 Å². The summed E-state index contributed by atoms with van der Waals surface area (Å²) in [6.45, 7) is 0. The molecule has 0 saturated heterocycles. The number of benzene rings is 2. The summed E-state index contributed by atoms with van der Waals surface area (Å²) in [6, 6.07) is 0.162. The molecule has 0 fully saturated rings. The second-order valence-corrected chi connectivity index (χ2v) is 7.25. The maximum atomic E-state index is 13.0. The van der Waals surface area contributed by atoms with E-state index in [9.17, 15) is 62.3 Å². The number of hydrogen-bond donors (Lipinski definition) is 2. The summed E-state index contributed by atoms with van der Waals surface area (Å²) in [6.07, 6.45) is -21.1. The predicted octanol–water partition coefficient (Wildman–Crippen LogP) is 6.85. The van der Waals surface area contributed by atoms with E-state index in [1.807, 2.05) is 10.6 Å². The second kappa shape index (κ2) is 8.44. The molecule has 36 heavy (non-hydrogen) atoms. The molecule has 0 unspecified atom stereocenters. The molecular formula is C20H8F12N2O2. The van der Waals surface area contributed by atoms with Crippen LogP contribution in [0.3, 0.4) is 0 Å². The Morgan fingerprint density at radius 3 is 0.833 bits per heavy atom.